The van der Waals surface area contributed by atoms with Gasteiger partial charge in [-0.1, -0.05) is 31.5 Å². The smallest absolute Gasteiger partial charge is 0.288 e. The fourth-order valence-electron chi connectivity index (χ4n) is 2.09. The zero-order chi connectivity index (χ0) is 19.8. The number of carbonyl (C=O) groups excluding carboxylic acids is 1. The zero-order valence-electron chi connectivity index (χ0n) is 15.0. The first-order valence-electron chi connectivity index (χ1n) is 8.37. The van der Waals surface area contributed by atoms with E-state index < -0.39 is 10.8 Å². The Morgan fingerprint density at radius 1 is 1.30 bits per heavy atom. The van der Waals surface area contributed by atoms with Crippen molar-refractivity contribution in [3.63, 3.8) is 0 Å². The number of hydrogen-bond donors (Lipinski definition) is 1. The second-order valence-electron chi connectivity index (χ2n) is 6.22. The fraction of sp³-hybridized carbons (Fsp3) is 0.263. The molecule has 0 aliphatic carbocycles. The molecule has 0 spiro atoms. The highest BCUT2D eigenvalue weighted by Gasteiger charge is 2.12. The molecular formula is C19H20ClN3O4. The van der Waals surface area contributed by atoms with Crippen molar-refractivity contribution in [3.8, 4) is 5.75 Å². The Morgan fingerprint density at radius 2 is 2.00 bits per heavy atom. The van der Waals surface area contributed by atoms with Gasteiger partial charge in [-0.3, -0.25) is 14.9 Å². The van der Waals surface area contributed by atoms with E-state index in [1.54, 1.807) is 30.3 Å². The zero-order valence-corrected chi connectivity index (χ0v) is 15.8. The fourth-order valence-corrected chi connectivity index (χ4v) is 2.28. The summed E-state index contributed by atoms with van der Waals surface area (Å²) in [6.07, 6.45) is 2.27. The number of ether oxygens (including phenoxy) is 1. The van der Waals surface area contributed by atoms with E-state index in [1.165, 1.54) is 18.3 Å². The Bertz CT molecular complexity index is 835. The molecule has 2 aromatic carbocycles. The summed E-state index contributed by atoms with van der Waals surface area (Å²) in [5.74, 6) is 0.864. The molecule has 2 aromatic rings. The van der Waals surface area contributed by atoms with E-state index in [0.717, 1.165) is 6.42 Å². The summed E-state index contributed by atoms with van der Waals surface area (Å²) in [5, 5.41) is 14.7. The van der Waals surface area contributed by atoms with Crippen LogP contribution in [0.5, 0.6) is 5.75 Å². The lowest BCUT2D eigenvalue weighted by molar-refractivity contribution is -0.384. The average molecular weight is 390 g/mol. The molecular weight excluding hydrogens is 370 g/mol. The second-order valence-corrected chi connectivity index (χ2v) is 6.63. The minimum atomic E-state index is -0.580. The van der Waals surface area contributed by atoms with Gasteiger partial charge < -0.3 is 4.74 Å². The van der Waals surface area contributed by atoms with Gasteiger partial charge in [0.1, 0.15) is 10.8 Å². The van der Waals surface area contributed by atoms with Gasteiger partial charge in [-0.05, 0) is 42.7 Å². The molecule has 2 rings (SSSR count). The van der Waals surface area contributed by atoms with Gasteiger partial charge in [0.25, 0.3) is 11.6 Å². The summed E-state index contributed by atoms with van der Waals surface area (Å²) in [4.78, 5) is 22.4. The second kappa shape index (κ2) is 9.68. The van der Waals surface area contributed by atoms with Crippen LogP contribution in [-0.2, 0) is 0 Å². The van der Waals surface area contributed by atoms with Crippen LogP contribution in [0.2, 0.25) is 5.02 Å². The lowest BCUT2D eigenvalue weighted by atomic mass is 10.1. The third-order valence-corrected chi connectivity index (χ3v) is 3.95. The Hall–Kier alpha value is -2.93. The normalized spacial score (nSPS) is 11.0. The van der Waals surface area contributed by atoms with Crippen molar-refractivity contribution >= 4 is 29.4 Å². The van der Waals surface area contributed by atoms with Crippen LogP contribution in [0, 0.1) is 16.0 Å². The predicted molar refractivity (Wildman–Crippen MR) is 105 cm³/mol. The van der Waals surface area contributed by atoms with Crippen LogP contribution in [0.3, 0.4) is 0 Å². The summed E-state index contributed by atoms with van der Waals surface area (Å²) < 4.78 is 5.60. The summed E-state index contributed by atoms with van der Waals surface area (Å²) in [7, 11) is 0. The highest BCUT2D eigenvalue weighted by molar-refractivity contribution is 6.32. The number of nitro benzene ring substituents is 1. The standard InChI is InChI=1S/C19H20ClN3O4/c1-13(2)9-10-27-16-6-4-15(5-7-16)19(24)22-21-12-14-3-8-17(20)18(11-14)23(25)26/h3-8,11-13H,9-10H2,1-2H3,(H,22,24). The van der Waals surface area contributed by atoms with Crippen LogP contribution in [0.1, 0.15) is 36.2 Å². The largest absolute Gasteiger partial charge is 0.494 e. The van der Waals surface area contributed by atoms with E-state index in [-0.39, 0.29) is 10.7 Å². The number of hydrogen-bond acceptors (Lipinski definition) is 5. The Morgan fingerprint density at radius 3 is 2.63 bits per heavy atom. The van der Waals surface area contributed by atoms with E-state index in [0.29, 0.717) is 29.4 Å². The van der Waals surface area contributed by atoms with Crippen LogP contribution >= 0.6 is 11.6 Å². The average Bonchev–Trinajstić information content (AvgIpc) is 2.63. The molecule has 142 valence electrons. The maximum atomic E-state index is 12.1. The summed E-state index contributed by atoms with van der Waals surface area (Å²) in [5.41, 5.74) is 3.02. The van der Waals surface area contributed by atoms with Crippen LogP contribution in [0.25, 0.3) is 0 Å². The van der Waals surface area contributed by atoms with Gasteiger partial charge >= 0.3 is 0 Å². The summed E-state index contributed by atoms with van der Waals surface area (Å²) >= 11 is 5.75. The first-order chi connectivity index (χ1) is 12.9. The van der Waals surface area contributed by atoms with E-state index in [9.17, 15) is 14.9 Å². The van der Waals surface area contributed by atoms with Gasteiger partial charge in [0.2, 0.25) is 0 Å². The maximum Gasteiger partial charge on any atom is 0.288 e. The van der Waals surface area contributed by atoms with E-state index in [2.05, 4.69) is 24.4 Å². The van der Waals surface area contributed by atoms with Crippen LogP contribution in [0.4, 0.5) is 5.69 Å². The molecule has 0 saturated carbocycles. The topological polar surface area (TPSA) is 93.8 Å². The molecule has 0 aliphatic rings. The molecule has 0 unspecified atom stereocenters. The number of rotatable bonds is 8. The van der Waals surface area contributed by atoms with E-state index in [4.69, 9.17) is 16.3 Å². The number of nitrogens with zero attached hydrogens (tertiary/aromatic N) is 2. The van der Waals surface area contributed by atoms with Crippen molar-refractivity contribution in [1.29, 1.82) is 0 Å². The van der Waals surface area contributed by atoms with Crippen LogP contribution in [-0.4, -0.2) is 23.7 Å². The molecule has 0 aliphatic heterocycles. The first kappa shape index (κ1) is 20.4. The van der Waals surface area contributed by atoms with Crippen molar-refractivity contribution in [2.45, 2.75) is 20.3 Å². The van der Waals surface area contributed by atoms with Gasteiger partial charge in [0, 0.05) is 17.2 Å². The van der Waals surface area contributed by atoms with E-state index in [1.807, 2.05) is 0 Å². The van der Waals surface area contributed by atoms with Gasteiger partial charge in [-0.2, -0.15) is 5.10 Å². The highest BCUT2D eigenvalue weighted by atomic mass is 35.5. The maximum absolute atomic E-state index is 12.1. The molecule has 0 atom stereocenters. The van der Waals surface area contributed by atoms with Gasteiger partial charge in [0.15, 0.2) is 0 Å². The molecule has 0 saturated heterocycles. The number of amides is 1. The van der Waals surface area contributed by atoms with Crippen molar-refractivity contribution < 1.29 is 14.5 Å². The molecule has 0 heterocycles. The minimum absolute atomic E-state index is 0.0388. The van der Waals surface area contributed by atoms with Gasteiger partial charge in [-0.25, -0.2) is 5.43 Å². The first-order valence-corrected chi connectivity index (χ1v) is 8.75. The number of hydrazone groups is 1. The van der Waals surface area contributed by atoms with E-state index >= 15 is 0 Å². The van der Waals surface area contributed by atoms with Crippen LogP contribution < -0.4 is 10.2 Å². The quantitative estimate of drug-likeness (QED) is 0.410. The molecule has 1 N–H and O–H groups in total. The number of nitrogens with one attached hydrogen (secondary N) is 1. The molecule has 0 aromatic heterocycles. The monoisotopic (exact) mass is 389 g/mol. The summed E-state index contributed by atoms with van der Waals surface area (Å²) in [6, 6.07) is 11.0. The van der Waals surface area contributed by atoms with Crippen molar-refractivity contribution in [2.75, 3.05) is 6.61 Å². The predicted octanol–water partition coefficient (Wildman–Crippen LogP) is 4.44. The Kier molecular flexibility index (Phi) is 7.31. The molecule has 0 bridgehead atoms. The highest BCUT2D eigenvalue weighted by Crippen LogP contribution is 2.24. The molecule has 27 heavy (non-hydrogen) atoms. The minimum Gasteiger partial charge on any atom is -0.494 e. The molecule has 0 radical (unpaired) electrons. The molecule has 1 amide bonds. The molecule has 0 fully saturated rings. The summed E-state index contributed by atoms with van der Waals surface area (Å²) in [6.45, 7) is 4.87. The third-order valence-electron chi connectivity index (χ3n) is 3.63. The molecule has 8 heteroatoms. The SMILES string of the molecule is CC(C)CCOc1ccc(C(=O)NN=Cc2ccc(Cl)c([N+](=O)[O-])c2)cc1. The van der Waals surface area contributed by atoms with Crippen molar-refractivity contribution in [2.24, 2.45) is 11.0 Å². The number of nitro groups is 1. The van der Waals surface area contributed by atoms with Gasteiger partial charge in [0.05, 0.1) is 17.7 Å². The van der Waals surface area contributed by atoms with Crippen molar-refractivity contribution in [3.05, 3.63) is 68.7 Å². The van der Waals surface area contributed by atoms with Crippen molar-refractivity contribution in [1.82, 2.24) is 5.43 Å². The number of benzene rings is 2. The number of halogens is 1. The Labute approximate surface area is 162 Å². The molecule has 7 nitrogen and oxygen atoms in total. The third kappa shape index (κ3) is 6.38. The lowest BCUT2D eigenvalue weighted by Crippen LogP contribution is -2.17. The Balaban J connectivity index is 1.92. The van der Waals surface area contributed by atoms with Crippen LogP contribution in [0.15, 0.2) is 47.6 Å². The number of carbonyl (C=O) groups is 1. The lowest BCUT2D eigenvalue weighted by Gasteiger charge is -2.08. The van der Waals surface area contributed by atoms with Gasteiger partial charge in [-0.15, -0.1) is 0 Å².